The first-order chi connectivity index (χ1) is 11.3. The van der Waals surface area contributed by atoms with Gasteiger partial charge in [0.1, 0.15) is 0 Å². The summed E-state index contributed by atoms with van der Waals surface area (Å²) < 4.78 is 6.76. The number of rotatable bonds is 5. The van der Waals surface area contributed by atoms with Crippen LogP contribution in [0.5, 0.6) is 0 Å². The van der Waals surface area contributed by atoms with Gasteiger partial charge in [-0.25, -0.2) is 4.79 Å². The number of carbonyl (C=O) groups excluding carboxylic acids is 1. The summed E-state index contributed by atoms with van der Waals surface area (Å²) in [5, 5.41) is 9.21. The molecule has 6 heteroatoms. The van der Waals surface area contributed by atoms with Crippen LogP contribution >= 0.6 is 0 Å². The predicted octanol–water partition coefficient (Wildman–Crippen LogP) is 2.85. The van der Waals surface area contributed by atoms with E-state index < -0.39 is 0 Å². The van der Waals surface area contributed by atoms with Crippen molar-refractivity contribution < 1.29 is 14.0 Å². The summed E-state index contributed by atoms with van der Waals surface area (Å²) in [5.74, 6) is 0.298. The van der Waals surface area contributed by atoms with Gasteiger partial charge in [-0.1, -0.05) is 53.2 Å². The molecule has 0 aliphatic carbocycles. The first-order valence-electron chi connectivity index (χ1n) is 7.33. The molecule has 0 bridgehead atoms. The lowest BCUT2D eigenvalue weighted by Gasteiger charge is -2.02. The third-order valence-corrected chi connectivity index (χ3v) is 3.25. The van der Waals surface area contributed by atoms with Crippen LogP contribution < -0.4 is 15.3 Å². The standard InChI is InChI=1S/C17H16N4O2/c22-17(18-15-9-5-2-6-10-15)19-16-13-21(20-23-16)12-11-14-7-3-1-4-8-14/h1-10,13H,11-12H2,(H-,18,19,20,22)/p+1. The van der Waals surface area contributed by atoms with Crippen LogP contribution in [0.1, 0.15) is 5.56 Å². The van der Waals surface area contributed by atoms with Gasteiger partial charge < -0.3 is 5.32 Å². The van der Waals surface area contributed by atoms with E-state index in [1.54, 1.807) is 23.0 Å². The summed E-state index contributed by atoms with van der Waals surface area (Å²) in [6, 6.07) is 18.9. The quantitative estimate of drug-likeness (QED) is 0.712. The number of amides is 2. The van der Waals surface area contributed by atoms with Gasteiger partial charge in [0.25, 0.3) is 6.20 Å². The first-order valence-corrected chi connectivity index (χ1v) is 7.33. The maximum atomic E-state index is 11.9. The normalized spacial score (nSPS) is 10.3. The minimum absolute atomic E-state index is 0.298. The number of nitrogens with zero attached hydrogens (tertiary/aromatic N) is 2. The molecule has 2 N–H and O–H groups in total. The topological polar surface area (TPSA) is 71.0 Å². The van der Waals surface area contributed by atoms with Crippen molar-refractivity contribution in [3.8, 4) is 0 Å². The highest BCUT2D eigenvalue weighted by atomic mass is 16.5. The number of anilines is 2. The lowest BCUT2D eigenvalue weighted by molar-refractivity contribution is -0.761. The smallest absolute Gasteiger partial charge is 0.308 e. The van der Waals surface area contributed by atoms with Gasteiger partial charge in [-0.15, -0.1) is 0 Å². The van der Waals surface area contributed by atoms with Gasteiger partial charge in [0.2, 0.25) is 5.27 Å². The van der Waals surface area contributed by atoms with Crippen molar-refractivity contribution in [3.63, 3.8) is 0 Å². The number of para-hydroxylation sites is 1. The number of urea groups is 1. The summed E-state index contributed by atoms with van der Waals surface area (Å²) in [5.41, 5.74) is 1.93. The van der Waals surface area contributed by atoms with E-state index in [4.69, 9.17) is 4.52 Å². The van der Waals surface area contributed by atoms with Crippen LogP contribution in [0, 0.1) is 0 Å². The Bertz CT molecular complexity index is 757. The molecule has 0 radical (unpaired) electrons. The Hall–Kier alpha value is -3.15. The van der Waals surface area contributed by atoms with Crippen molar-refractivity contribution in [2.24, 2.45) is 0 Å². The van der Waals surface area contributed by atoms with Gasteiger partial charge in [-0.05, 0) is 17.7 Å². The maximum Gasteiger partial charge on any atom is 0.326 e. The average molecular weight is 309 g/mol. The predicted molar refractivity (Wildman–Crippen MR) is 85.9 cm³/mol. The van der Waals surface area contributed by atoms with Crippen LogP contribution in [0.2, 0.25) is 0 Å². The fraction of sp³-hybridized carbons (Fsp3) is 0.118. The molecule has 1 aromatic heterocycles. The minimum atomic E-state index is -0.373. The number of hydrogen-bond acceptors (Lipinski definition) is 3. The third-order valence-electron chi connectivity index (χ3n) is 3.25. The van der Waals surface area contributed by atoms with Crippen LogP contribution in [0.25, 0.3) is 0 Å². The molecule has 0 spiro atoms. The maximum absolute atomic E-state index is 11.9. The zero-order valence-corrected chi connectivity index (χ0v) is 12.5. The van der Waals surface area contributed by atoms with E-state index in [0.717, 1.165) is 6.42 Å². The van der Waals surface area contributed by atoms with Crippen molar-refractivity contribution in [1.82, 2.24) is 5.27 Å². The van der Waals surface area contributed by atoms with E-state index in [1.165, 1.54) is 5.56 Å². The molecule has 6 nitrogen and oxygen atoms in total. The molecule has 1 heterocycles. The Morgan fingerprint density at radius 3 is 2.43 bits per heavy atom. The molecule has 0 atom stereocenters. The van der Waals surface area contributed by atoms with Crippen LogP contribution in [0.4, 0.5) is 16.4 Å². The molecule has 0 unspecified atom stereocenters. The van der Waals surface area contributed by atoms with Crippen molar-refractivity contribution >= 4 is 17.6 Å². The van der Waals surface area contributed by atoms with E-state index in [1.807, 2.05) is 36.4 Å². The molecular weight excluding hydrogens is 292 g/mol. The largest absolute Gasteiger partial charge is 0.326 e. The average Bonchev–Trinajstić information content (AvgIpc) is 3.02. The summed E-state index contributed by atoms with van der Waals surface area (Å²) in [7, 11) is 0. The summed E-state index contributed by atoms with van der Waals surface area (Å²) in [6.07, 6.45) is 2.50. The summed E-state index contributed by atoms with van der Waals surface area (Å²) in [4.78, 5) is 11.9. The second-order valence-electron chi connectivity index (χ2n) is 5.01. The zero-order valence-electron chi connectivity index (χ0n) is 12.5. The molecule has 0 fully saturated rings. The van der Waals surface area contributed by atoms with E-state index in [2.05, 4.69) is 28.0 Å². The number of hydrogen-bond donors (Lipinski definition) is 2. The van der Waals surface area contributed by atoms with Crippen molar-refractivity contribution in [2.45, 2.75) is 13.0 Å². The molecule has 116 valence electrons. The minimum Gasteiger partial charge on any atom is -0.308 e. The molecule has 0 aliphatic rings. The highest BCUT2D eigenvalue weighted by Crippen LogP contribution is 2.07. The van der Waals surface area contributed by atoms with Gasteiger partial charge in [0.05, 0.1) is 0 Å². The molecule has 3 aromatic rings. The highest BCUT2D eigenvalue weighted by molar-refractivity contribution is 5.98. The number of aryl methyl sites for hydroxylation is 2. The number of nitrogens with one attached hydrogen (secondary N) is 2. The van der Waals surface area contributed by atoms with Gasteiger partial charge in [0, 0.05) is 12.1 Å². The molecular formula is C17H17N4O2+. The molecule has 3 rings (SSSR count). The van der Waals surface area contributed by atoms with E-state index in [-0.39, 0.29) is 6.03 Å². The van der Waals surface area contributed by atoms with Gasteiger partial charge in [0.15, 0.2) is 6.54 Å². The molecule has 2 amide bonds. The Kier molecular flexibility index (Phi) is 4.63. The Balaban J connectivity index is 1.52. The van der Waals surface area contributed by atoms with Crippen LogP contribution in [-0.2, 0) is 13.0 Å². The van der Waals surface area contributed by atoms with E-state index in [0.29, 0.717) is 18.1 Å². The van der Waals surface area contributed by atoms with Crippen molar-refractivity contribution in [1.29, 1.82) is 0 Å². The fourth-order valence-electron chi connectivity index (χ4n) is 2.12. The van der Waals surface area contributed by atoms with Gasteiger partial charge >= 0.3 is 11.9 Å². The molecule has 23 heavy (non-hydrogen) atoms. The first kappa shape index (κ1) is 14.8. The summed E-state index contributed by atoms with van der Waals surface area (Å²) >= 11 is 0. The van der Waals surface area contributed by atoms with Crippen LogP contribution in [0.3, 0.4) is 0 Å². The second kappa shape index (κ2) is 7.22. The lowest BCUT2D eigenvalue weighted by atomic mass is 10.1. The third kappa shape index (κ3) is 4.41. The van der Waals surface area contributed by atoms with Gasteiger partial charge in [-0.2, -0.15) is 0 Å². The number of carbonyl (C=O) groups is 1. The van der Waals surface area contributed by atoms with Crippen molar-refractivity contribution in [2.75, 3.05) is 10.6 Å². The summed E-state index contributed by atoms with van der Waals surface area (Å²) in [6.45, 7) is 0.676. The lowest BCUT2D eigenvalue weighted by Crippen LogP contribution is -2.35. The molecule has 2 aromatic carbocycles. The van der Waals surface area contributed by atoms with Crippen LogP contribution in [-0.4, -0.2) is 11.3 Å². The monoisotopic (exact) mass is 309 g/mol. The van der Waals surface area contributed by atoms with E-state index >= 15 is 0 Å². The van der Waals surface area contributed by atoms with Gasteiger partial charge in [-0.3, -0.25) is 9.84 Å². The SMILES string of the molecule is O=C(Nc1ccccc1)Nc1c[n+](CCc2ccccc2)no1. The second-order valence-corrected chi connectivity index (χ2v) is 5.01. The van der Waals surface area contributed by atoms with Crippen molar-refractivity contribution in [3.05, 3.63) is 72.4 Å². The Morgan fingerprint density at radius 1 is 1.00 bits per heavy atom. The van der Waals surface area contributed by atoms with Crippen LogP contribution in [0.15, 0.2) is 71.4 Å². The van der Waals surface area contributed by atoms with E-state index in [9.17, 15) is 4.79 Å². The Morgan fingerprint density at radius 2 is 1.70 bits per heavy atom. The molecule has 0 saturated heterocycles. The Labute approximate surface area is 133 Å². The number of aromatic nitrogens is 2. The molecule has 0 saturated carbocycles. The molecule has 0 aliphatic heterocycles. The fourth-order valence-corrected chi connectivity index (χ4v) is 2.12. The highest BCUT2D eigenvalue weighted by Gasteiger charge is 2.14. The number of benzene rings is 2. The zero-order chi connectivity index (χ0) is 15.9.